The molecule has 0 saturated heterocycles. The molecule has 78 valence electrons. The Labute approximate surface area is 92.5 Å². The number of para-hydroxylation sites is 1. The molecule has 0 aliphatic heterocycles. The van der Waals surface area contributed by atoms with Crippen LogP contribution in [0.5, 0.6) is 0 Å². The van der Waals surface area contributed by atoms with Crippen molar-refractivity contribution in [2.24, 2.45) is 0 Å². The second-order valence-corrected chi connectivity index (χ2v) is 3.76. The van der Waals surface area contributed by atoms with Gasteiger partial charge in [-0.05, 0) is 23.8 Å². The lowest BCUT2D eigenvalue weighted by Crippen LogP contribution is -1.77. The molecule has 1 nitrogen and oxygen atoms in total. The van der Waals surface area contributed by atoms with Crippen LogP contribution in [0, 0.1) is 5.82 Å². The van der Waals surface area contributed by atoms with E-state index in [9.17, 15) is 4.39 Å². The van der Waals surface area contributed by atoms with Crippen LogP contribution in [0.25, 0.3) is 22.0 Å². The summed E-state index contributed by atoms with van der Waals surface area (Å²) in [5.74, 6) is -0.206. The quantitative estimate of drug-likeness (QED) is 0.626. The molecule has 16 heavy (non-hydrogen) atoms. The number of nitrogens with one attached hydrogen (secondary N) is 1. The summed E-state index contributed by atoms with van der Waals surface area (Å²) in [5.41, 5.74) is 3.01. The van der Waals surface area contributed by atoms with Gasteiger partial charge >= 0.3 is 0 Å². The van der Waals surface area contributed by atoms with Gasteiger partial charge in [0, 0.05) is 22.7 Å². The van der Waals surface area contributed by atoms with Crippen molar-refractivity contribution in [3.63, 3.8) is 0 Å². The molecule has 1 N–H and O–H groups in total. The minimum absolute atomic E-state index is 0.206. The van der Waals surface area contributed by atoms with Gasteiger partial charge in [0.05, 0.1) is 0 Å². The van der Waals surface area contributed by atoms with E-state index >= 15 is 0 Å². The van der Waals surface area contributed by atoms with Crippen LogP contribution in [0.3, 0.4) is 0 Å². The van der Waals surface area contributed by atoms with Crippen LogP contribution in [0.1, 0.15) is 0 Å². The monoisotopic (exact) mass is 211 g/mol. The lowest BCUT2D eigenvalue weighted by molar-refractivity contribution is 0.628. The summed E-state index contributed by atoms with van der Waals surface area (Å²) in [5, 5.41) is 1.12. The molecule has 1 heterocycles. The fraction of sp³-hybridized carbons (Fsp3) is 0. The van der Waals surface area contributed by atoms with E-state index in [2.05, 4.69) is 4.98 Å². The van der Waals surface area contributed by atoms with Crippen molar-refractivity contribution in [1.29, 1.82) is 0 Å². The van der Waals surface area contributed by atoms with Crippen molar-refractivity contribution >= 4 is 10.9 Å². The Hall–Kier alpha value is -2.09. The second kappa shape index (κ2) is 3.49. The smallest absolute Gasteiger partial charge is 0.123 e. The van der Waals surface area contributed by atoms with Gasteiger partial charge in [0.25, 0.3) is 0 Å². The van der Waals surface area contributed by atoms with Crippen molar-refractivity contribution in [3.05, 3.63) is 60.5 Å². The van der Waals surface area contributed by atoms with Gasteiger partial charge in [-0.25, -0.2) is 4.39 Å². The average molecular weight is 211 g/mol. The first kappa shape index (κ1) is 9.16. The molecule has 0 unspecified atom stereocenters. The molecule has 0 amide bonds. The summed E-state index contributed by atoms with van der Waals surface area (Å²) >= 11 is 0. The van der Waals surface area contributed by atoms with E-state index in [1.807, 2.05) is 36.5 Å². The molecule has 0 aliphatic carbocycles. The lowest BCUT2D eigenvalue weighted by Gasteiger charge is -1.99. The molecule has 0 saturated carbocycles. The topological polar surface area (TPSA) is 15.8 Å². The SMILES string of the molecule is Fc1cccc(-c2c[nH]c3ccccc23)c1. The maximum Gasteiger partial charge on any atom is 0.123 e. The minimum atomic E-state index is -0.206. The molecule has 0 bridgehead atoms. The molecular weight excluding hydrogens is 201 g/mol. The zero-order chi connectivity index (χ0) is 11.0. The summed E-state index contributed by atoms with van der Waals surface area (Å²) in [6, 6.07) is 14.7. The van der Waals surface area contributed by atoms with E-state index in [1.54, 1.807) is 12.1 Å². The normalized spacial score (nSPS) is 10.8. The van der Waals surface area contributed by atoms with E-state index in [-0.39, 0.29) is 5.82 Å². The molecule has 0 spiro atoms. The van der Waals surface area contributed by atoms with Crippen LogP contribution in [0.2, 0.25) is 0 Å². The van der Waals surface area contributed by atoms with E-state index < -0.39 is 0 Å². The molecule has 3 rings (SSSR count). The van der Waals surface area contributed by atoms with Gasteiger partial charge in [-0.3, -0.25) is 0 Å². The first-order valence-corrected chi connectivity index (χ1v) is 5.17. The van der Waals surface area contributed by atoms with Crippen LogP contribution in [0.15, 0.2) is 54.7 Å². The van der Waals surface area contributed by atoms with Crippen molar-refractivity contribution in [2.75, 3.05) is 0 Å². The van der Waals surface area contributed by atoms with Crippen LogP contribution in [-0.2, 0) is 0 Å². The number of halogens is 1. The van der Waals surface area contributed by atoms with Crippen LogP contribution in [0.4, 0.5) is 4.39 Å². The number of hydrogen-bond donors (Lipinski definition) is 1. The lowest BCUT2D eigenvalue weighted by atomic mass is 10.1. The third kappa shape index (κ3) is 1.39. The molecular formula is C14H10FN. The van der Waals surface area contributed by atoms with Gasteiger partial charge in [0.2, 0.25) is 0 Å². The van der Waals surface area contributed by atoms with Crippen molar-refractivity contribution in [2.45, 2.75) is 0 Å². The molecule has 0 fully saturated rings. The largest absolute Gasteiger partial charge is 0.361 e. The first-order chi connectivity index (χ1) is 7.84. The Morgan fingerprint density at radius 3 is 2.69 bits per heavy atom. The van der Waals surface area contributed by atoms with Crippen LogP contribution < -0.4 is 0 Å². The average Bonchev–Trinajstić information content (AvgIpc) is 2.72. The minimum Gasteiger partial charge on any atom is -0.361 e. The third-order valence-electron chi connectivity index (χ3n) is 2.72. The number of H-pyrrole nitrogens is 1. The molecule has 3 aromatic rings. The van der Waals surface area contributed by atoms with Gasteiger partial charge in [0.1, 0.15) is 5.82 Å². The Morgan fingerprint density at radius 1 is 0.938 bits per heavy atom. The van der Waals surface area contributed by atoms with E-state index in [4.69, 9.17) is 0 Å². The van der Waals surface area contributed by atoms with Crippen molar-refractivity contribution < 1.29 is 4.39 Å². The highest BCUT2D eigenvalue weighted by atomic mass is 19.1. The summed E-state index contributed by atoms with van der Waals surface area (Å²) in [6.45, 7) is 0. The third-order valence-corrected chi connectivity index (χ3v) is 2.72. The Balaban J connectivity index is 2.26. The zero-order valence-corrected chi connectivity index (χ0v) is 8.57. The number of fused-ring (bicyclic) bond motifs is 1. The summed E-state index contributed by atoms with van der Waals surface area (Å²) in [4.78, 5) is 3.18. The molecule has 2 aromatic carbocycles. The van der Waals surface area contributed by atoms with E-state index in [0.29, 0.717) is 0 Å². The fourth-order valence-corrected chi connectivity index (χ4v) is 1.97. The zero-order valence-electron chi connectivity index (χ0n) is 8.57. The number of hydrogen-bond acceptors (Lipinski definition) is 0. The van der Waals surface area contributed by atoms with E-state index in [1.165, 1.54) is 6.07 Å². The number of aromatic nitrogens is 1. The van der Waals surface area contributed by atoms with Crippen LogP contribution in [-0.4, -0.2) is 4.98 Å². The number of benzene rings is 2. The maximum absolute atomic E-state index is 13.1. The second-order valence-electron chi connectivity index (χ2n) is 3.76. The molecule has 0 radical (unpaired) electrons. The molecule has 0 atom stereocenters. The molecule has 2 heteroatoms. The highest BCUT2D eigenvalue weighted by Gasteiger charge is 2.05. The van der Waals surface area contributed by atoms with Gasteiger partial charge in [-0.15, -0.1) is 0 Å². The van der Waals surface area contributed by atoms with Crippen molar-refractivity contribution in [1.82, 2.24) is 4.98 Å². The maximum atomic E-state index is 13.1. The number of aromatic amines is 1. The van der Waals surface area contributed by atoms with Crippen molar-refractivity contribution in [3.8, 4) is 11.1 Å². The van der Waals surface area contributed by atoms with Gasteiger partial charge in [-0.2, -0.15) is 0 Å². The Morgan fingerprint density at radius 2 is 1.81 bits per heavy atom. The van der Waals surface area contributed by atoms with Crippen LogP contribution >= 0.6 is 0 Å². The molecule has 1 aromatic heterocycles. The highest BCUT2D eigenvalue weighted by molar-refractivity contribution is 5.95. The fourth-order valence-electron chi connectivity index (χ4n) is 1.97. The summed E-state index contributed by atoms with van der Waals surface area (Å²) in [6.07, 6.45) is 1.92. The number of rotatable bonds is 1. The standard InChI is InChI=1S/C14H10FN/c15-11-5-3-4-10(8-11)13-9-16-14-7-2-1-6-12(13)14/h1-9,16H. The van der Waals surface area contributed by atoms with Gasteiger partial charge in [-0.1, -0.05) is 30.3 Å². The predicted octanol–water partition coefficient (Wildman–Crippen LogP) is 3.97. The summed E-state index contributed by atoms with van der Waals surface area (Å²) < 4.78 is 13.1. The summed E-state index contributed by atoms with van der Waals surface area (Å²) in [7, 11) is 0. The Kier molecular flexibility index (Phi) is 2.00. The predicted molar refractivity (Wildman–Crippen MR) is 63.7 cm³/mol. The molecule has 0 aliphatic rings. The Bertz CT molecular complexity index is 640. The van der Waals surface area contributed by atoms with E-state index in [0.717, 1.165) is 22.0 Å². The first-order valence-electron chi connectivity index (χ1n) is 5.17. The van der Waals surface area contributed by atoms with Gasteiger partial charge in [0.15, 0.2) is 0 Å². The van der Waals surface area contributed by atoms with Gasteiger partial charge < -0.3 is 4.98 Å². The highest BCUT2D eigenvalue weighted by Crippen LogP contribution is 2.28.